The number of nitrogens with zero attached hydrogens (tertiary/aromatic N) is 2. The van der Waals surface area contributed by atoms with Crippen LogP contribution in [0.1, 0.15) is 0 Å². The van der Waals surface area contributed by atoms with E-state index < -0.39 is 21.1 Å². The zero-order chi connectivity index (χ0) is 14.5. The van der Waals surface area contributed by atoms with Crippen LogP contribution >= 0.6 is 0 Å². The monoisotopic (exact) mass is 292 g/mol. The third kappa shape index (κ3) is 3.39. The molecule has 0 unspecified atom stereocenters. The van der Waals surface area contributed by atoms with Gasteiger partial charge >= 0.3 is 10.5 Å². The molecule has 8 heteroatoms. The molecule has 0 N–H and O–H groups in total. The predicted molar refractivity (Wildman–Crippen MR) is 70.6 cm³/mol. The Bertz CT molecular complexity index is 764. The fourth-order valence-electron chi connectivity index (χ4n) is 1.50. The van der Waals surface area contributed by atoms with Crippen LogP contribution in [0.2, 0.25) is 0 Å². The SMILES string of the molecule is O=[N+]([O-])c1cc(Oc2ccccc2)ccc1N=S(=O)=O. The minimum atomic E-state index is -2.76. The number of nitro groups is 1. The van der Waals surface area contributed by atoms with Crippen molar-refractivity contribution in [1.29, 1.82) is 0 Å². The van der Waals surface area contributed by atoms with Crippen molar-refractivity contribution in [2.45, 2.75) is 0 Å². The molecule has 20 heavy (non-hydrogen) atoms. The van der Waals surface area contributed by atoms with Crippen molar-refractivity contribution in [3.05, 3.63) is 58.6 Å². The zero-order valence-electron chi connectivity index (χ0n) is 9.96. The molecule has 0 spiro atoms. The van der Waals surface area contributed by atoms with Gasteiger partial charge in [0.2, 0.25) is 0 Å². The molecule has 0 saturated carbocycles. The van der Waals surface area contributed by atoms with Crippen molar-refractivity contribution in [2.75, 3.05) is 0 Å². The Labute approximate surface area is 115 Å². The van der Waals surface area contributed by atoms with E-state index in [9.17, 15) is 18.5 Å². The molecule has 2 rings (SSSR count). The Morgan fingerprint density at radius 3 is 2.35 bits per heavy atom. The summed E-state index contributed by atoms with van der Waals surface area (Å²) in [6.45, 7) is 0. The third-order valence-electron chi connectivity index (χ3n) is 2.30. The van der Waals surface area contributed by atoms with E-state index in [4.69, 9.17) is 4.74 Å². The summed E-state index contributed by atoms with van der Waals surface area (Å²) in [6, 6.07) is 12.5. The van der Waals surface area contributed by atoms with Crippen LogP contribution in [-0.2, 0) is 10.5 Å². The van der Waals surface area contributed by atoms with Gasteiger partial charge in [0.15, 0.2) is 5.69 Å². The number of hydrogen-bond acceptors (Lipinski definition) is 6. The molecule has 0 fully saturated rings. The van der Waals surface area contributed by atoms with E-state index in [2.05, 4.69) is 4.36 Å². The summed E-state index contributed by atoms with van der Waals surface area (Å²) in [7, 11) is -2.76. The summed E-state index contributed by atoms with van der Waals surface area (Å²) in [5.41, 5.74) is -0.689. The predicted octanol–water partition coefficient (Wildman–Crippen LogP) is 3.08. The van der Waals surface area contributed by atoms with Gasteiger partial charge in [-0.05, 0) is 24.3 Å². The van der Waals surface area contributed by atoms with Crippen LogP contribution in [0.25, 0.3) is 0 Å². The first-order valence-electron chi connectivity index (χ1n) is 5.39. The summed E-state index contributed by atoms with van der Waals surface area (Å²) in [4.78, 5) is 10.2. The second kappa shape index (κ2) is 5.93. The van der Waals surface area contributed by atoms with Crippen LogP contribution in [-0.4, -0.2) is 13.3 Å². The van der Waals surface area contributed by atoms with Crippen molar-refractivity contribution in [3.63, 3.8) is 0 Å². The highest BCUT2D eigenvalue weighted by Crippen LogP contribution is 2.33. The maximum absolute atomic E-state index is 10.9. The highest BCUT2D eigenvalue weighted by atomic mass is 32.2. The zero-order valence-corrected chi connectivity index (χ0v) is 10.8. The Kier molecular flexibility index (Phi) is 4.06. The molecule has 7 nitrogen and oxygen atoms in total. The minimum absolute atomic E-state index is 0.221. The molecule has 0 radical (unpaired) electrons. The largest absolute Gasteiger partial charge is 0.457 e. The number of hydrogen-bond donors (Lipinski definition) is 0. The van der Waals surface area contributed by atoms with Crippen molar-refractivity contribution in [3.8, 4) is 11.5 Å². The van der Waals surface area contributed by atoms with Gasteiger partial charge in [-0.25, -0.2) is 0 Å². The lowest BCUT2D eigenvalue weighted by Gasteiger charge is -2.05. The van der Waals surface area contributed by atoms with E-state index >= 15 is 0 Å². The first-order valence-corrected chi connectivity index (χ1v) is 6.42. The van der Waals surface area contributed by atoms with E-state index in [1.165, 1.54) is 12.1 Å². The third-order valence-corrected chi connectivity index (χ3v) is 2.64. The lowest BCUT2D eigenvalue weighted by molar-refractivity contribution is -0.384. The molecule has 0 heterocycles. The van der Waals surface area contributed by atoms with Gasteiger partial charge in [0.1, 0.15) is 11.5 Å². The Hall–Kier alpha value is -2.74. The second-order valence-electron chi connectivity index (χ2n) is 3.63. The summed E-state index contributed by atoms with van der Waals surface area (Å²) >= 11 is 0. The number of para-hydroxylation sites is 1. The van der Waals surface area contributed by atoms with Gasteiger partial charge in [0.05, 0.1) is 11.0 Å². The van der Waals surface area contributed by atoms with Gasteiger partial charge in [-0.1, -0.05) is 18.2 Å². The van der Waals surface area contributed by atoms with Gasteiger partial charge < -0.3 is 4.74 Å². The number of rotatable bonds is 4. The van der Waals surface area contributed by atoms with E-state index in [1.807, 2.05) is 0 Å². The Balaban J connectivity index is 2.40. The van der Waals surface area contributed by atoms with E-state index in [0.29, 0.717) is 5.75 Å². The maximum atomic E-state index is 10.9. The van der Waals surface area contributed by atoms with E-state index in [0.717, 1.165) is 6.07 Å². The number of ether oxygens (including phenoxy) is 1. The topological polar surface area (TPSA) is 98.9 Å². The van der Waals surface area contributed by atoms with Gasteiger partial charge in [0, 0.05) is 0 Å². The Morgan fingerprint density at radius 2 is 1.75 bits per heavy atom. The first-order chi connectivity index (χ1) is 9.56. The van der Waals surface area contributed by atoms with Crippen LogP contribution in [0, 0.1) is 10.1 Å². The molecule has 0 atom stereocenters. The average Bonchev–Trinajstić information content (AvgIpc) is 2.41. The molecule has 2 aromatic rings. The molecule has 2 aromatic carbocycles. The van der Waals surface area contributed by atoms with Crippen LogP contribution in [0.5, 0.6) is 11.5 Å². The molecule has 0 amide bonds. The molecular formula is C12H8N2O5S. The molecular weight excluding hydrogens is 284 g/mol. The quantitative estimate of drug-likeness (QED) is 0.637. The van der Waals surface area contributed by atoms with Crippen LogP contribution in [0.15, 0.2) is 52.9 Å². The molecule has 102 valence electrons. The number of nitro benzene ring substituents is 1. The fraction of sp³-hybridized carbons (Fsp3) is 0. The standard InChI is InChI=1S/C12H8N2O5S/c15-14(16)12-8-10(6-7-11(12)13-20(17)18)19-9-4-2-1-3-5-9/h1-8H. The summed E-state index contributed by atoms with van der Waals surface area (Å²) < 4.78 is 29.6. The molecule has 0 aromatic heterocycles. The highest BCUT2D eigenvalue weighted by molar-refractivity contribution is 7.61. The van der Waals surface area contributed by atoms with E-state index in [1.54, 1.807) is 30.3 Å². The maximum Gasteiger partial charge on any atom is 0.316 e. The van der Waals surface area contributed by atoms with Gasteiger partial charge in [-0.2, -0.15) is 8.42 Å². The molecule has 0 aliphatic carbocycles. The average molecular weight is 292 g/mol. The number of benzene rings is 2. The first kappa shape index (κ1) is 13.7. The van der Waals surface area contributed by atoms with E-state index in [-0.39, 0.29) is 11.4 Å². The molecule has 0 aliphatic rings. The van der Waals surface area contributed by atoms with Crippen LogP contribution in [0.4, 0.5) is 11.4 Å². The van der Waals surface area contributed by atoms with Crippen molar-refractivity contribution in [2.24, 2.45) is 4.36 Å². The Morgan fingerprint density at radius 1 is 1.05 bits per heavy atom. The lowest BCUT2D eigenvalue weighted by Crippen LogP contribution is -1.90. The fourth-order valence-corrected chi connectivity index (χ4v) is 1.81. The summed E-state index contributed by atoms with van der Waals surface area (Å²) in [6.07, 6.45) is 0. The lowest BCUT2D eigenvalue weighted by atomic mass is 10.2. The molecule has 0 bridgehead atoms. The van der Waals surface area contributed by atoms with Crippen LogP contribution < -0.4 is 4.74 Å². The van der Waals surface area contributed by atoms with Crippen molar-refractivity contribution >= 4 is 21.9 Å². The minimum Gasteiger partial charge on any atom is -0.457 e. The van der Waals surface area contributed by atoms with Gasteiger partial charge in [-0.15, -0.1) is 4.36 Å². The van der Waals surface area contributed by atoms with Crippen LogP contribution in [0.3, 0.4) is 0 Å². The summed E-state index contributed by atoms with van der Waals surface area (Å²) in [5.74, 6) is 0.734. The second-order valence-corrected chi connectivity index (χ2v) is 4.25. The molecule has 0 saturated heterocycles. The van der Waals surface area contributed by atoms with Crippen molar-refractivity contribution < 1.29 is 18.1 Å². The van der Waals surface area contributed by atoms with Crippen molar-refractivity contribution in [1.82, 2.24) is 0 Å². The molecule has 0 aliphatic heterocycles. The van der Waals surface area contributed by atoms with Gasteiger partial charge in [0.25, 0.3) is 5.69 Å². The highest BCUT2D eigenvalue weighted by Gasteiger charge is 2.15. The van der Waals surface area contributed by atoms with Gasteiger partial charge in [-0.3, -0.25) is 10.1 Å². The smallest absolute Gasteiger partial charge is 0.316 e. The normalized spacial score (nSPS) is 9.80. The summed E-state index contributed by atoms with van der Waals surface area (Å²) in [5, 5.41) is 10.9.